The zero-order chi connectivity index (χ0) is 9.19. The SMILES string of the molecule is CCC(N(C)C)C1(CN)CCC1. The molecular weight excluding hydrogens is 148 g/mol. The summed E-state index contributed by atoms with van der Waals surface area (Å²) in [5, 5.41) is 0. The molecule has 0 spiro atoms. The molecule has 0 amide bonds. The first-order valence-electron chi connectivity index (χ1n) is 5.03. The van der Waals surface area contributed by atoms with Gasteiger partial charge in [-0.05, 0) is 45.3 Å². The van der Waals surface area contributed by atoms with E-state index in [1.165, 1.54) is 25.7 Å². The van der Waals surface area contributed by atoms with E-state index in [-0.39, 0.29) is 0 Å². The molecule has 2 nitrogen and oxygen atoms in total. The Bertz CT molecular complexity index is 133. The van der Waals surface area contributed by atoms with Crippen LogP contribution >= 0.6 is 0 Å². The number of hydrogen-bond donors (Lipinski definition) is 1. The van der Waals surface area contributed by atoms with Crippen molar-refractivity contribution in [2.75, 3.05) is 20.6 Å². The van der Waals surface area contributed by atoms with Crippen LogP contribution in [0.15, 0.2) is 0 Å². The van der Waals surface area contributed by atoms with E-state index in [4.69, 9.17) is 5.73 Å². The van der Waals surface area contributed by atoms with Crippen LogP contribution in [-0.4, -0.2) is 31.6 Å². The van der Waals surface area contributed by atoms with Gasteiger partial charge in [0.1, 0.15) is 0 Å². The summed E-state index contributed by atoms with van der Waals surface area (Å²) < 4.78 is 0. The third-order valence-electron chi connectivity index (χ3n) is 3.47. The van der Waals surface area contributed by atoms with Gasteiger partial charge in [0, 0.05) is 6.04 Å². The maximum absolute atomic E-state index is 5.86. The average Bonchev–Trinajstić information content (AvgIpc) is 1.95. The van der Waals surface area contributed by atoms with Crippen molar-refractivity contribution in [1.82, 2.24) is 4.90 Å². The van der Waals surface area contributed by atoms with Crippen molar-refractivity contribution < 1.29 is 0 Å². The fraction of sp³-hybridized carbons (Fsp3) is 1.00. The molecule has 1 rings (SSSR count). The van der Waals surface area contributed by atoms with Gasteiger partial charge >= 0.3 is 0 Å². The fourth-order valence-corrected chi connectivity index (χ4v) is 2.65. The van der Waals surface area contributed by atoms with E-state index in [9.17, 15) is 0 Å². The maximum atomic E-state index is 5.86. The molecule has 0 aromatic carbocycles. The molecule has 2 N–H and O–H groups in total. The first-order valence-corrected chi connectivity index (χ1v) is 5.03. The van der Waals surface area contributed by atoms with Crippen molar-refractivity contribution >= 4 is 0 Å². The van der Waals surface area contributed by atoms with Crippen LogP contribution in [0.5, 0.6) is 0 Å². The molecule has 0 aromatic rings. The van der Waals surface area contributed by atoms with E-state index in [1.807, 2.05) is 0 Å². The van der Waals surface area contributed by atoms with Crippen molar-refractivity contribution in [3.05, 3.63) is 0 Å². The van der Waals surface area contributed by atoms with Crippen molar-refractivity contribution in [3.63, 3.8) is 0 Å². The average molecular weight is 170 g/mol. The molecule has 1 atom stereocenters. The van der Waals surface area contributed by atoms with Crippen LogP contribution in [-0.2, 0) is 0 Å². The molecule has 0 radical (unpaired) electrons. The lowest BCUT2D eigenvalue weighted by atomic mass is 9.63. The van der Waals surface area contributed by atoms with Crippen molar-refractivity contribution in [2.24, 2.45) is 11.1 Å². The fourth-order valence-electron chi connectivity index (χ4n) is 2.65. The largest absolute Gasteiger partial charge is 0.330 e. The van der Waals surface area contributed by atoms with Crippen molar-refractivity contribution in [1.29, 1.82) is 0 Å². The summed E-state index contributed by atoms with van der Waals surface area (Å²) in [7, 11) is 4.34. The maximum Gasteiger partial charge on any atom is 0.0155 e. The van der Waals surface area contributed by atoms with E-state index < -0.39 is 0 Å². The van der Waals surface area contributed by atoms with Gasteiger partial charge in [-0.15, -0.1) is 0 Å². The minimum atomic E-state index is 0.457. The van der Waals surface area contributed by atoms with Crippen LogP contribution in [0.3, 0.4) is 0 Å². The Labute approximate surface area is 76.1 Å². The third-order valence-corrected chi connectivity index (χ3v) is 3.47. The summed E-state index contributed by atoms with van der Waals surface area (Å²) in [6.45, 7) is 3.13. The predicted octanol–water partition coefficient (Wildman–Crippen LogP) is 1.46. The van der Waals surface area contributed by atoms with Gasteiger partial charge in [0.2, 0.25) is 0 Å². The standard InChI is InChI=1S/C10H22N2/c1-4-9(12(2)3)10(8-11)6-5-7-10/h9H,4-8,11H2,1-3H3. The van der Waals surface area contributed by atoms with Crippen LogP contribution in [0.4, 0.5) is 0 Å². The van der Waals surface area contributed by atoms with E-state index in [0.717, 1.165) is 6.54 Å². The molecule has 1 fully saturated rings. The minimum absolute atomic E-state index is 0.457. The molecule has 1 unspecified atom stereocenters. The van der Waals surface area contributed by atoms with Gasteiger partial charge in [0.25, 0.3) is 0 Å². The quantitative estimate of drug-likeness (QED) is 0.692. The highest BCUT2D eigenvalue weighted by atomic mass is 15.1. The van der Waals surface area contributed by atoms with Gasteiger partial charge < -0.3 is 10.6 Å². The predicted molar refractivity (Wildman–Crippen MR) is 53.1 cm³/mol. The van der Waals surface area contributed by atoms with Crippen LogP contribution in [0.1, 0.15) is 32.6 Å². The van der Waals surface area contributed by atoms with E-state index in [1.54, 1.807) is 0 Å². The van der Waals surface area contributed by atoms with Gasteiger partial charge in [-0.25, -0.2) is 0 Å². The van der Waals surface area contributed by atoms with E-state index in [0.29, 0.717) is 11.5 Å². The summed E-state index contributed by atoms with van der Waals surface area (Å²) in [6, 6.07) is 0.691. The molecular formula is C10H22N2. The monoisotopic (exact) mass is 170 g/mol. The Morgan fingerprint density at radius 2 is 2.00 bits per heavy atom. The summed E-state index contributed by atoms with van der Waals surface area (Å²) >= 11 is 0. The molecule has 0 heterocycles. The zero-order valence-electron chi connectivity index (χ0n) is 8.64. The number of hydrogen-bond acceptors (Lipinski definition) is 2. The minimum Gasteiger partial charge on any atom is -0.330 e. The molecule has 1 aliphatic rings. The van der Waals surface area contributed by atoms with Crippen LogP contribution in [0.2, 0.25) is 0 Å². The molecule has 1 saturated carbocycles. The van der Waals surface area contributed by atoms with Crippen LogP contribution in [0.25, 0.3) is 0 Å². The van der Waals surface area contributed by atoms with Crippen LogP contribution < -0.4 is 5.73 Å². The summed E-state index contributed by atoms with van der Waals surface area (Å²) in [5.41, 5.74) is 6.31. The second-order valence-electron chi connectivity index (χ2n) is 4.31. The molecule has 0 bridgehead atoms. The highest BCUT2D eigenvalue weighted by molar-refractivity contribution is 4.97. The molecule has 12 heavy (non-hydrogen) atoms. The number of nitrogens with zero attached hydrogens (tertiary/aromatic N) is 1. The Balaban J connectivity index is 2.61. The molecule has 0 aromatic heterocycles. The topological polar surface area (TPSA) is 29.3 Å². The van der Waals surface area contributed by atoms with Gasteiger partial charge in [-0.1, -0.05) is 13.3 Å². The smallest absolute Gasteiger partial charge is 0.0155 e. The Hall–Kier alpha value is -0.0800. The second-order valence-corrected chi connectivity index (χ2v) is 4.31. The molecule has 0 aliphatic heterocycles. The van der Waals surface area contributed by atoms with Crippen molar-refractivity contribution in [3.8, 4) is 0 Å². The Kier molecular flexibility index (Phi) is 3.13. The normalized spacial score (nSPS) is 23.8. The van der Waals surface area contributed by atoms with Gasteiger partial charge in [-0.2, -0.15) is 0 Å². The first-order chi connectivity index (χ1) is 5.66. The van der Waals surface area contributed by atoms with Gasteiger partial charge in [0.15, 0.2) is 0 Å². The lowest BCUT2D eigenvalue weighted by molar-refractivity contribution is 0.0272. The highest BCUT2D eigenvalue weighted by Gasteiger charge is 2.42. The highest BCUT2D eigenvalue weighted by Crippen LogP contribution is 2.45. The number of nitrogens with two attached hydrogens (primary N) is 1. The third kappa shape index (κ3) is 1.50. The lowest BCUT2D eigenvalue weighted by Gasteiger charge is -2.49. The van der Waals surface area contributed by atoms with E-state index in [2.05, 4.69) is 25.9 Å². The molecule has 2 heteroatoms. The Morgan fingerprint density at radius 1 is 1.42 bits per heavy atom. The van der Waals surface area contributed by atoms with E-state index >= 15 is 0 Å². The second kappa shape index (κ2) is 3.75. The summed E-state index contributed by atoms with van der Waals surface area (Å²) in [5.74, 6) is 0. The molecule has 72 valence electrons. The van der Waals surface area contributed by atoms with Gasteiger partial charge in [0.05, 0.1) is 0 Å². The van der Waals surface area contributed by atoms with Crippen molar-refractivity contribution in [2.45, 2.75) is 38.6 Å². The Morgan fingerprint density at radius 3 is 2.08 bits per heavy atom. The summed E-state index contributed by atoms with van der Waals surface area (Å²) in [6.07, 6.45) is 5.27. The zero-order valence-corrected chi connectivity index (χ0v) is 8.64. The summed E-state index contributed by atoms with van der Waals surface area (Å²) in [4.78, 5) is 2.34. The van der Waals surface area contributed by atoms with Gasteiger partial charge in [-0.3, -0.25) is 0 Å². The lowest BCUT2D eigenvalue weighted by Crippen LogP contribution is -2.52. The molecule has 1 aliphatic carbocycles. The number of rotatable bonds is 4. The first kappa shape index (κ1) is 10.0. The van der Waals surface area contributed by atoms with Crippen LogP contribution in [0, 0.1) is 5.41 Å². The molecule has 0 saturated heterocycles.